The third-order valence-electron chi connectivity index (χ3n) is 3.21. The fourth-order valence-corrected chi connectivity index (χ4v) is 3.37. The minimum atomic E-state index is -0.437. The normalized spacial score (nSPS) is 30.0. The molecule has 2 rings (SSSR count). The average molecular weight is 270 g/mol. The second-order valence-electron chi connectivity index (χ2n) is 4.62. The van der Waals surface area contributed by atoms with Gasteiger partial charge in [-0.05, 0) is 36.0 Å². The molecule has 0 saturated heterocycles. The Labute approximate surface area is 98.6 Å². The molecule has 3 N–H and O–H groups in total. The summed E-state index contributed by atoms with van der Waals surface area (Å²) in [6.07, 6.45) is 1.61. The van der Waals surface area contributed by atoms with Gasteiger partial charge in [-0.15, -0.1) is 0 Å². The van der Waals surface area contributed by atoms with Crippen molar-refractivity contribution >= 4 is 15.9 Å². The van der Waals surface area contributed by atoms with E-state index in [1.165, 1.54) is 11.1 Å². The molecule has 1 aromatic carbocycles. The molecule has 3 heteroatoms. The summed E-state index contributed by atoms with van der Waals surface area (Å²) in [6, 6.07) is 6.20. The number of nitrogens with two attached hydrogens (primary N) is 1. The van der Waals surface area contributed by atoms with Crippen molar-refractivity contribution in [2.45, 2.75) is 31.2 Å². The molecular formula is C12H16BrNO. The SMILES string of the molecule is CC1CC(N)(CO)Cc2cccc(Br)c21. The number of benzene rings is 1. The molecule has 0 amide bonds. The van der Waals surface area contributed by atoms with E-state index in [-0.39, 0.29) is 6.61 Å². The summed E-state index contributed by atoms with van der Waals surface area (Å²) < 4.78 is 1.16. The summed E-state index contributed by atoms with van der Waals surface area (Å²) in [5.41, 5.74) is 8.33. The zero-order chi connectivity index (χ0) is 11.1. The van der Waals surface area contributed by atoms with Gasteiger partial charge in [0.1, 0.15) is 0 Å². The summed E-state index contributed by atoms with van der Waals surface area (Å²) in [5.74, 6) is 0.404. The maximum Gasteiger partial charge on any atom is 0.0614 e. The molecule has 1 aliphatic carbocycles. The van der Waals surface area contributed by atoms with E-state index in [4.69, 9.17) is 5.73 Å². The summed E-state index contributed by atoms with van der Waals surface area (Å²) in [5, 5.41) is 9.33. The first-order valence-corrected chi connectivity index (χ1v) is 6.02. The Hall–Kier alpha value is -0.380. The maximum absolute atomic E-state index is 9.33. The Bertz CT molecular complexity index is 380. The third-order valence-corrected chi connectivity index (χ3v) is 3.90. The number of fused-ring (bicyclic) bond motifs is 1. The van der Waals surface area contributed by atoms with Crippen LogP contribution in [0.15, 0.2) is 22.7 Å². The highest BCUT2D eigenvalue weighted by Crippen LogP contribution is 2.39. The molecule has 0 aliphatic heterocycles. The third kappa shape index (κ3) is 1.96. The van der Waals surface area contributed by atoms with Crippen molar-refractivity contribution in [3.63, 3.8) is 0 Å². The molecule has 82 valence electrons. The van der Waals surface area contributed by atoms with Crippen LogP contribution in [-0.2, 0) is 6.42 Å². The molecule has 1 aromatic rings. The van der Waals surface area contributed by atoms with Crippen LogP contribution in [0.5, 0.6) is 0 Å². The van der Waals surface area contributed by atoms with E-state index in [0.717, 1.165) is 17.3 Å². The van der Waals surface area contributed by atoms with Gasteiger partial charge in [0.15, 0.2) is 0 Å². The number of hydrogen-bond acceptors (Lipinski definition) is 2. The van der Waals surface area contributed by atoms with Gasteiger partial charge in [-0.3, -0.25) is 0 Å². The summed E-state index contributed by atoms with van der Waals surface area (Å²) >= 11 is 3.58. The molecule has 2 nitrogen and oxygen atoms in total. The van der Waals surface area contributed by atoms with E-state index in [9.17, 15) is 5.11 Å². The number of hydrogen-bond donors (Lipinski definition) is 2. The van der Waals surface area contributed by atoms with Crippen LogP contribution in [0, 0.1) is 0 Å². The monoisotopic (exact) mass is 269 g/mol. The van der Waals surface area contributed by atoms with Gasteiger partial charge in [0.2, 0.25) is 0 Å². The van der Waals surface area contributed by atoms with Crippen LogP contribution >= 0.6 is 15.9 Å². The fraction of sp³-hybridized carbons (Fsp3) is 0.500. The molecule has 0 radical (unpaired) electrons. The van der Waals surface area contributed by atoms with E-state index in [0.29, 0.717) is 5.92 Å². The lowest BCUT2D eigenvalue weighted by Crippen LogP contribution is -2.49. The Morgan fingerprint density at radius 2 is 2.33 bits per heavy atom. The van der Waals surface area contributed by atoms with Crippen molar-refractivity contribution in [1.82, 2.24) is 0 Å². The lowest BCUT2D eigenvalue weighted by atomic mass is 9.74. The molecule has 1 aliphatic rings. The number of halogens is 1. The van der Waals surface area contributed by atoms with E-state index < -0.39 is 5.54 Å². The van der Waals surface area contributed by atoms with E-state index >= 15 is 0 Å². The average Bonchev–Trinajstić information content (AvgIpc) is 2.17. The molecule has 0 aromatic heterocycles. The number of aliphatic hydroxyl groups is 1. The van der Waals surface area contributed by atoms with Crippen LogP contribution in [-0.4, -0.2) is 17.3 Å². The van der Waals surface area contributed by atoms with Crippen molar-refractivity contribution in [3.8, 4) is 0 Å². The van der Waals surface area contributed by atoms with Gasteiger partial charge in [0, 0.05) is 10.0 Å². The zero-order valence-electron chi connectivity index (χ0n) is 8.83. The van der Waals surface area contributed by atoms with Gasteiger partial charge in [0.25, 0.3) is 0 Å². The van der Waals surface area contributed by atoms with E-state index in [1.807, 2.05) is 6.07 Å². The predicted molar refractivity (Wildman–Crippen MR) is 64.9 cm³/mol. The maximum atomic E-state index is 9.33. The topological polar surface area (TPSA) is 46.2 Å². The highest BCUT2D eigenvalue weighted by molar-refractivity contribution is 9.10. The minimum Gasteiger partial charge on any atom is -0.394 e. The molecule has 0 fully saturated rings. The smallest absolute Gasteiger partial charge is 0.0614 e. The minimum absolute atomic E-state index is 0.0588. The van der Waals surface area contributed by atoms with E-state index in [2.05, 4.69) is 35.0 Å². The molecule has 0 saturated carbocycles. The van der Waals surface area contributed by atoms with Crippen molar-refractivity contribution in [1.29, 1.82) is 0 Å². The Morgan fingerprint density at radius 3 is 3.00 bits per heavy atom. The fourth-order valence-electron chi connectivity index (χ4n) is 2.57. The second kappa shape index (κ2) is 3.89. The second-order valence-corrected chi connectivity index (χ2v) is 5.47. The number of rotatable bonds is 1. The highest BCUT2D eigenvalue weighted by atomic mass is 79.9. The standard InChI is InChI=1S/C12H16BrNO/c1-8-5-12(14,7-15)6-9-3-2-4-10(13)11(8)9/h2-4,8,15H,5-7,14H2,1H3. The van der Waals surface area contributed by atoms with Gasteiger partial charge in [-0.25, -0.2) is 0 Å². The summed E-state index contributed by atoms with van der Waals surface area (Å²) in [7, 11) is 0. The Kier molecular flexibility index (Phi) is 2.88. The van der Waals surface area contributed by atoms with Crippen molar-refractivity contribution < 1.29 is 5.11 Å². The molecule has 2 unspecified atom stereocenters. The van der Waals surface area contributed by atoms with E-state index in [1.54, 1.807) is 0 Å². The molecule has 0 spiro atoms. The molecule has 0 heterocycles. The summed E-state index contributed by atoms with van der Waals surface area (Å²) in [4.78, 5) is 0. The molecule has 0 bridgehead atoms. The van der Waals surface area contributed by atoms with Gasteiger partial charge < -0.3 is 10.8 Å². The summed E-state index contributed by atoms with van der Waals surface area (Å²) in [6.45, 7) is 2.23. The molecular weight excluding hydrogens is 254 g/mol. The van der Waals surface area contributed by atoms with Crippen LogP contribution < -0.4 is 5.73 Å². The quantitative estimate of drug-likeness (QED) is 0.821. The highest BCUT2D eigenvalue weighted by Gasteiger charge is 2.34. The first kappa shape index (κ1) is 11.1. The first-order valence-electron chi connectivity index (χ1n) is 5.23. The zero-order valence-corrected chi connectivity index (χ0v) is 10.4. The van der Waals surface area contributed by atoms with Gasteiger partial charge in [0.05, 0.1) is 6.61 Å². The van der Waals surface area contributed by atoms with Gasteiger partial charge in [-0.1, -0.05) is 35.0 Å². The van der Waals surface area contributed by atoms with Crippen LogP contribution in [0.25, 0.3) is 0 Å². The van der Waals surface area contributed by atoms with Crippen LogP contribution in [0.4, 0.5) is 0 Å². The lowest BCUT2D eigenvalue weighted by molar-refractivity contribution is 0.173. The molecule has 15 heavy (non-hydrogen) atoms. The van der Waals surface area contributed by atoms with Crippen LogP contribution in [0.1, 0.15) is 30.4 Å². The van der Waals surface area contributed by atoms with Gasteiger partial charge >= 0.3 is 0 Å². The predicted octanol–water partition coefficient (Wildman–Crippen LogP) is 2.19. The van der Waals surface area contributed by atoms with Crippen molar-refractivity contribution in [2.75, 3.05) is 6.61 Å². The Morgan fingerprint density at radius 1 is 1.60 bits per heavy atom. The largest absolute Gasteiger partial charge is 0.394 e. The first-order chi connectivity index (χ1) is 7.06. The molecule has 2 atom stereocenters. The van der Waals surface area contributed by atoms with Crippen LogP contribution in [0.3, 0.4) is 0 Å². The Balaban J connectivity index is 2.45. The van der Waals surface area contributed by atoms with Gasteiger partial charge in [-0.2, -0.15) is 0 Å². The van der Waals surface area contributed by atoms with Crippen LogP contribution in [0.2, 0.25) is 0 Å². The lowest BCUT2D eigenvalue weighted by Gasteiger charge is -2.37. The number of aliphatic hydroxyl groups excluding tert-OH is 1. The van der Waals surface area contributed by atoms with Crippen molar-refractivity contribution in [3.05, 3.63) is 33.8 Å². The van der Waals surface area contributed by atoms with Crippen molar-refractivity contribution in [2.24, 2.45) is 5.73 Å².